The molecular formula is C14H18ClN3O. The highest BCUT2D eigenvalue weighted by Crippen LogP contribution is 2.28. The molecule has 4 rings (SSSR count). The van der Waals surface area contributed by atoms with Gasteiger partial charge in [0, 0.05) is 18.2 Å². The lowest BCUT2D eigenvalue weighted by atomic mass is 9.84. The smallest absolute Gasteiger partial charge is 0.251 e. The van der Waals surface area contributed by atoms with Crippen molar-refractivity contribution in [3.8, 4) is 0 Å². The molecule has 3 N–H and O–H groups in total. The lowest BCUT2D eigenvalue weighted by molar-refractivity contribution is 0.0620. The van der Waals surface area contributed by atoms with Gasteiger partial charge in [-0.25, -0.2) is 0 Å². The maximum absolute atomic E-state index is 12.2. The van der Waals surface area contributed by atoms with Crippen LogP contribution >= 0.6 is 11.6 Å². The Labute approximate surface area is 117 Å². The van der Waals surface area contributed by atoms with E-state index in [1.165, 1.54) is 25.9 Å². The van der Waals surface area contributed by atoms with E-state index in [9.17, 15) is 4.79 Å². The van der Waals surface area contributed by atoms with Crippen molar-refractivity contribution in [3.63, 3.8) is 0 Å². The number of nitrogens with zero attached hydrogens (tertiary/aromatic N) is 1. The monoisotopic (exact) mass is 279 g/mol. The van der Waals surface area contributed by atoms with Crippen LogP contribution in [0, 0.1) is 5.92 Å². The van der Waals surface area contributed by atoms with Crippen molar-refractivity contribution in [2.24, 2.45) is 5.92 Å². The van der Waals surface area contributed by atoms with Crippen LogP contribution in [0.3, 0.4) is 0 Å². The molecule has 5 heteroatoms. The van der Waals surface area contributed by atoms with E-state index in [0.29, 0.717) is 22.2 Å². The van der Waals surface area contributed by atoms with Crippen LogP contribution in [-0.4, -0.2) is 36.5 Å². The first-order valence-corrected chi connectivity index (χ1v) is 7.09. The molecule has 0 aromatic heterocycles. The second kappa shape index (κ2) is 5.02. The van der Waals surface area contributed by atoms with E-state index in [1.54, 1.807) is 18.2 Å². The Morgan fingerprint density at radius 2 is 2.11 bits per heavy atom. The summed E-state index contributed by atoms with van der Waals surface area (Å²) in [4.78, 5) is 14.6. The Kier molecular flexibility index (Phi) is 3.37. The lowest BCUT2D eigenvalue weighted by Crippen LogP contribution is -2.57. The summed E-state index contributed by atoms with van der Waals surface area (Å²) in [6, 6.07) is 5.30. The van der Waals surface area contributed by atoms with Crippen molar-refractivity contribution in [2.45, 2.75) is 18.9 Å². The summed E-state index contributed by atoms with van der Waals surface area (Å²) in [6.45, 7) is 3.31. The maximum Gasteiger partial charge on any atom is 0.251 e. The van der Waals surface area contributed by atoms with Crippen LogP contribution in [0.25, 0.3) is 0 Å². The summed E-state index contributed by atoms with van der Waals surface area (Å²) >= 11 is 5.95. The number of rotatable bonds is 2. The van der Waals surface area contributed by atoms with Gasteiger partial charge in [-0.3, -0.25) is 4.79 Å². The second-order valence-electron chi connectivity index (χ2n) is 5.45. The molecule has 0 saturated carbocycles. The highest BCUT2D eigenvalue weighted by Gasteiger charge is 2.34. The number of nitrogens with two attached hydrogens (primary N) is 1. The number of benzene rings is 1. The zero-order valence-corrected chi connectivity index (χ0v) is 11.5. The van der Waals surface area contributed by atoms with Gasteiger partial charge in [-0.05, 0) is 50.0 Å². The average Bonchev–Trinajstić information content (AvgIpc) is 2.43. The molecule has 2 bridgehead atoms. The zero-order chi connectivity index (χ0) is 13.4. The first-order chi connectivity index (χ1) is 9.13. The molecule has 1 atom stereocenters. The summed E-state index contributed by atoms with van der Waals surface area (Å²) in [5, 5.41) is 3.57. The standard InChI is InChI=1S/C14H18ClN3O/c15-11-7-10(1-2-12(11)16)14(19)17-13-8-18-5-3-9(13)4-6-18/h1-2,7,9,13H,3-6,8,16H2,(H,17,19). The van der Waals surface area contributed by atoms with Crippen LogP contribution in [0.2, 0.25) is 5.02 Å². The SMILES string of the molecule is Nc1ccc(C(=O)NC2CN3CCC2CC3)cc1Cl. The van der Waals surface area contributed by atoms with Gasteiger partial charge in [0.25, 0.3) is 5.91 Å². The Hall–Kier alpha value is -1.26. The summed E-state index contributed by atoms with van der Waals surface area (Å²) in [5.41, 5.74) is 6.73. The average molecular weight is 280 g/mol. The molecule has 3 aliphatic rings. The van der Waals surface area contributed by atoms with Gasteiger partial charge in [0.2, 0.25) is 0 Å². The quantitative estimate of drug-likeness (QED) is 0.811. The van der Waals surface area contributed by atoms with Crippen LogP contribution in [0.15, 0.2) is 18.2 Å². The minimum atomic E-state index is -0.0550. The molecule has 0 spiro atoms. The van der Waals surface area contributed by atoms with E-state index in [1.807, 2.05) is 0 Å². The molecule has 1 unspecified atom stereocenters. The molecule has 3 heterocycles. The third-order valence-electron chi connectivity index (χ3n) is 4.24. The number of hydrogen-bond donors (Lipinski definition) is 2. The first-order valence-electron chi connectivity index (χ1n) is 6.72. The van der Waals surface area contributed by atoms with E-state index in [0.717, 1.165) is 6.54 Å². The number of hydrogen-bond acceptors (Lipinski definition) is 3. The lowest BCUT2D eigenvalue weighted by Gasteiger charge is -2.44. The highest BCUT2D eigenvalue weighted by atomic mass is 35.5. The van der Waals surface area contributed by atoms with Crippen LogP contribution in [0.5, 0.6) is 0 Å². The molecule has 3 aliphatic heterocycles. The van der Waals surface area contributed by atoms with E-state index < -0.39 is 0 Å². The largest absolute Gasteiger partial charge is 0.398 e. The van der Waals surface area contributed by atoms with Gasteiger partial charge in [0.05, 0.1) is 10.7 Å². The predicted molar refractivity (Wildman–Crippen MR) is 76.3 cm³/mol. The number of anilines is 1. The minimum Gasteiger partial charge on any atom is -0.398 e. The number of amides is 1. The number of carbonyl (C=O) groups is 1. The van der Waals surface area contributed by atoms with Gasteiger partial charge < -0.3 is 16.0 Å². The Morgan fingerprint density at radius 1 is 1.37 bits per heavy atom. The van der Waals surface area contributed by atoms with Gasteiger partial charge in [-0.1, -0.05) is 11.6 Å². The number of piperidine rings is 3. The molecule has 102 valence electrons. The summed E-state index contributed by atoms with van der Waals surface area (Å²) in [6.07, 6.45) is 2.38. The normalized spacial score (nSPS) is 29.2. The Balaban J connectivity index is 1.69. The summed E-state index contributed by atoms with van der Waals surface area (Å²) in [7, 11) is 0. The second-order valence-corrected chi connectivity index (χ2v) is 5.86. The minimum absolute atomic E-state index is 0.0550. The van der Waals surface area contributed by atoms with Crippen LogP contribution in [-0.2, 0) is 0 Å². The summed E-state index contributed by atoms with van der Waals surface area (Å²) < 4.78 is 0. The van der Waals surface area contributed by atoms with Gasteiger partial charge in [0.1, 0.15) is 0 Å². The molecule has 1 amide bonds. The van der Waals surface area contributed by atoms with Gasteiger partial charge in [-0.15, -0.1) is 0 Å². The number of nitrogen functional groups attached to an aromatic ring is 1. The van der Waals surface area contributed by atoms with Crippen molar-refractivity contribution >= 4 is 23.2 Å². The molecule has 19 heavy (non-hydrogen) atoms. The third kappa shape index (κ3) is 2.55. The highest BCUT2D eigenvalue weighted by molar-refractivity contribution is 6.33. The van der Waals surface area contributed by atoms with E-state index in [4.69, 9.17) is 17.3 Å². The number of halogens is 1. The molecule has 1 aromatic carbocycles. The summed E-state index contributed by atoms with van der Waals surface area (Å²) in [5.74, 6) is 0.568. The molecule has 3 fully saturated rings. The topological polar surface area (TPSA) is 58.4 Å². The van der Waals surface area contributed by atoms with Gasteiger partial charge in [-0.2, -0.15) is 0 Å². The molecule has 0 radical (unpaired) electrons. The third-order valence-corrected chi connectivity index (χ3v) is 4.56. The molecule has 3 saturated heterocycles. The van der Waals surface area contributed by atoms with Gasteiger partial charge >= 0.3 is 0 Å². The molecular weight excluding hydrogens is 262 g/mol. The van der Waals surface area contributed by atoms with Crippen molar-refractivity contribution in [1.29, 1.82) is 0 Å². The molecule has 1 aromatic rings. The fourth-order valence-electron chi connectivity index (χ4n) is 3.05. The fourth-order valence-corrected chi connectivity index (χ4v) is 3.23. The van der Waals surface area contributed by atoms with Crippen LogP contribution < -0.4 is 11.1 Å². The van der Waals surface area contributed by atoms with Crippen LogP contribution in [0.1, 0.15) is 23.2 Å². The van der Waals surface area contributed by atoms with E-state index in [2.05, 4.69) is 10.2 Å². The maximum atomic E-state index is 12.2. The van der Waals surface area contributed by atoms with Crippen molar-refractivity contribution < 1.29 is 4.79 Å². The van der Waals surface area contributed by atoms with Crippen molar-refractivity contribution in [3.05, 3.63) is 28.8 Å². The number of carbonyl (C=O) groups excluding carboxylic acids is 1. The Bertz CT molecular complexity index is 497. The first kappa shape index (κ1) is 12.8. The fraction of sp³-hybridized carbons (Fsp3) is 0.500. The molecule has 4 nitrogen and oxygen atoms in total. The zero-order valence-electron chi connectivity index (χ0n) is 10.7. The van der Waals surface area contributed by atoms with Gasteiger partial charge in [0.15, 0.2) is 0 Å². The Morgan fingerprint density at radius 3 is 2.68 bits per heavy atom. The predicted octanol–water partition coefficient (Wildman–Crippen LogP) is 1.75. The van der Waals surface area contributed by atoms with E-state index >= 15 is 0 Å². The van der Waals surface area contributed by atoms with Crippen molar-refractivity contribution in [2.75, 3.05) is 25.4 Å². The van der Waals surface area contributed by atoms with Crippen LogP contribution in [0.4, 0.5) is 5.69 Å². The number of nitrogens with one attached hydrogen (secondary N) is 1. The van der Waals surface area contributed by atoms with Crippen molar-refractivity contribution in [1.82, 2.24) is 10.2 Å². The molecule has 0 aliphatic carbocycles. The van der Waals surface area contributed by atoms with E-state index in [-0.39, 0.29) is 11.9 Å². The number of fused-ring (bicyclic) bond motifs is 3.